The van der Waals surface area contributed by atoms with Gasteiger partial charge < -0.3 is 10.4 Å². The summed E-state index contributed by atoms with van der Waals surface area (Å²) in [5.74, 6) is 2.51. The molecule has 2 aliphatic carbocycles. The number of benzene rings is 1. The largest absolute Gasteiger partial charge is 0.508 e. The van der Waals surface area contributed by atoms with Crippen LogP contribution in [0.3, 0.4) is 0 Å². The zero-order valence-electron chi connectivity index (χ0n) is 17.3. The maximum absolute atomic E-state index is 12.7. The number of rotatable bonds is 1. The SMILES string of the molecule is CNC(=O)c1cc(O)cc2c1C1(C)CCC3C(C)(C)CCCC3(C)C1CS2. The summed E-state index contributed by atoms with van der Waals surface area (Å²) in [6.45, 7) is 9.86. The Morgan fingerprint density at radius 2 is 1.89 bits per heavy atom. The summed E-state index contributed by atoms with van der Waals surface area (Å²) in [4.78, 5) is 13.8. The smallest absolute Gasteiger partial charge is 0.251 e. The minimum absolute atomic E-state index is 0.00516. The monoisotopic (exact) mass is 387 g/mol. The molecule has 3 nitrogen and oxygen atoms in total. The first-order valence-corrected chi connectivity index (χ1v) is 11.3. The molecule has 27 heavy (non-hydrogen) atoms. The Morgan fingerprint density at radius 1 is 1.15 bits per heavy atom. The van der Waals surface area contributed by atoms with Crippen LogP contribution in [0.2, 0.25) is 0 Å². The third kappa shape index (κ3) is 2.66. The molecule has 2 N–H and O–H groups in total. The van der Waals surface area contributed by atoms with Gasteiger partial charge in [0.25, 0.3) is 5.91 Å². The third-order valence-corrected chi connectivity index (χ3v) is 9.46. The molecule has 4 heteroatoms. The maximum Gasteiger partial charge on any atom is 0.251 e. The molecule has 1 amide bonds. The van der Waals surface area contributed by atoms with E-state index >= 15 is 0 Å². The highest BCUT2D eigenvalue weighted by molar-refractivity contribution is 7.99. The van der Waals surface area contributed by atoms with Gasteiger partial charge in [0.2, 0.25) is 0 Å². The number of aromatic hydroxyl groups is 1. The number of phenols is 1. The van der Waals surface area contributed by atoms with Gasteiger partial charge >= 0.3 is 0 Å². The van der Waals surface area contributed by atoms with Gasteiger partial charge in [-0.3, -0.25) is 4.79 Å². The molecule has 4 rings (SSSR count). The molecule has 4 unspecified atom stereocenters. The first-order chi connectivity index (χ1) is 12.6. The van der Waals surface area contributed by atoms with E-state index in [9.17, 15) is 9.90 Å². The summed E-state index contributed by atoms with van der Waals surface area (Å²) in [5.41, 5.74) is 2.57. The van der Waals surface area contributed by atoms with Crippen LogP contribution in [0.5, 0.6) is 5.75 Å². The van der Waals surface area contributed by atoms with Gasteiger partial charge in [0, 0.05) is 23.3 Å². The Bertz CT molecular complexity index is 789. The van der Waals surface area contributed by atoms with E-state index in [1.807, 2.05) is 17.8 Å². The van der Waals surface area contributed by atoms with Crippen LogP contribution in [0, 0.1) is 22.7 Å². The lowest BCUT2D eigenvalue weighted by atomic mass is 9.42. The Labute approximate surface area is 167 Å². The van der Waals surface area contributed by atoms with Gasteiger partial charge in [0.05, 0.1) is 0 Å². The molecular weight excluding hydrogens is 354 g/mol. The molecule has 1 aromatic carbocycles. The average Bonchev–Trinajstić information content (AvgIpc) is 2.58. The number of amides is 1. The minimum Gasteiger partial charge on any atom is -0.508 e. The summed E-state index contributed by atoms with van der Waals surface area (Å²) in [7, 11) is 1.68. The zero-order chi connectivity index (χ0) is 19.6. The van der Waals surface area contributed by atoms with E-state index in [0.717, 1.165) is 23.0 Å². The van der Waals surface area contributed by atoms with Crippen LogP contribution < -0.4 is 5.32 Å². The summed E-state index contributed by atoms with van der Waals surface area (Å²) >= 11 is 1.84. The first kappa shape index (κ1) is 19.2. The molecule has 0 spiro atoms. The second-order valence-electron chi connectivity index (χ2n) is 10.2. The standard InChI is InChI=1S/C23H33NO2S/c1-21(2)8-6-9-22(3)17(21)7-10-23(4)18(22)13-27-16-12-14(25)11-15(19(16)23)20(26)24-5/h11-12,17-18,25H,6-10,13H2,1-5H3,(H,24,26). The summed E-state index contributed by atoms with van der Waals surface area (Å²) in [6.07, 6.45) is 6.29. The Kier molecular flexibility index (Phi) is 4.38. The molecule has 0 saturated heterocycles. The van der Waals surface area contributed by atoms with E-state index in [1.165, 1.54) is 31.2 Å². The van der Waals surface area contributed by atoms with Crippen molar-refractivity contribution in [1.29, 1.82) is 0 Å². The third-order valence-electron chi connectivity index (χ3n) is 8.33. The highest BCUT2D eigenvalue weighted by atomic mass is 32.2. The molecule has 148 valence electrons. The fourth-order valence-corrected chi connectivity index (χ4v) is 8.90. The lowest BCUT2D eigenvalue weighted by Crippen LogP contribution is -2.58. The van der Waals surface area contributed by atoms with Crippen LogP contribution in [0.4, 0.5) is 0 Å². The van der Waals surface area contributed by atoms with Crippen molar-refractivity contribution in [3.8, 4) is 5.75 Å². The second kappa shape index (κ2) is 6.17. The Hall–Kier alpha value is -1.16. The van der Waals surface area contributed by atoms with E-state index in [1.54, 1.807) is 13.1 Å². The molecule has 0 radical (unpaired) electrons. The van der Waals surface area contributed by atoms with E-state index in [-0.39, 0.29) is 17.1 Å². The van der Waals surface area contributed by atoms with Crippen molar-refractivity contribution in [2.75, 3.05) is 12.8 Å². The fourth-order valence-electron chi connectivity index (χ4n) is 7.11. The van der Waals surface area contributed by atoms with Crippen LogP contribution in [0.1, 0.15) is 75.7 Å². The quantitative estimate of drug-likeness (QED) is 0.682. The predicted octanol–water partition coefficient (Wildman–Crippen LogP) is 5.36. The molecule has 1 aromatic rings. The van der Waals surface area contributed by atoms with Crippen molar-refractivity contribution < 1.29 is 9.90 Å². The molecule has 4 atom stereocenters. The van der Waals surface area contributed by atoms with Gasteiger partial charge in [-0.15, -0.1) is 11.8 Å². The number of nitrogens with one attached hydrogen (secondary N) is 1. The van der Waals surface area contributed by atoms with Crippen molar-refractivity contribution in [1.82, 2.24) is 5.32 Å². The molecule has 3 aliphatic rings. The molecule has 2 fully saturated rings. The van der Waals surface area contributed by atoms with Gasteiger partial charge in [0.15, 0.2) is 0 Å². The molecule has 1 heterocycles. The second-order valence-corrected chi connectivity index (χ2v) is 11.2. The van der Waals surface area contributed by atoms with Crippen molar-refractivity contribution in [2.24, 2.45) is 22.7 Å². The number of phenolic OH excluding ortho intramolecular Hbond substituents is 1. The maximum atomic E-state index is 12.7. The number of carbonyl (C=O) groups is 1. The number of carbonyl (C=O) groups excluding carboxylic acids is 1. The van der Waals surface area contributed by atoms with E-state index in [4.69, 9.17) is 0 Å². The molecule has 0 bridgehead atoms. The van der Waals surface area contributed by atoms with Crippen LogP contribution in [0.25, 0.3) is 0 Å². The van der Waals surface area contributed by atoms with Crippen molar-refractivity contribution in [3.63, 3.8) is 0 Å². The molecular formula is C23H33NO2S. The first-order valence-electron chi connectivity index (χ1n) is 10.4. The topological polar surface area (TPSA) is 49.3 Å². The Balaban J connectivity index is 1.87. The summed E-state index contributed by atoms with van der Waals surface area (Å²) < 4.78 is 0. The number of hydrogen-bond acceptors (Lipinski definition) is 3. The van der Waals surface area contributed by atoms with Crippen LogP contribution >= 0.6 is 11.8 Å². The summed E-state index contributed by atoms with van der Waals surface area (Å²) in [5, 5.41) is 13.0. The lowest BCUT2D eigenvalue weighted by Gasteiger charge is -2.64. The van der Waals surface area contributed by atoms with E-state index in [0.29, 0.717) is 22.3 Å². The van der Waals surface area contributed by atoms with Crippen LogP contribution in [-0.4, -0.2) is 23.8 Å². The zero-order valence-corrected chi connectivity index (χ0v) is 18.1. The van der Waals surface area contributed by atoms with Crippen molar-refractivity contribution >= 4 is 17.7 Å². The molecule has 1 aliphatic heterocycles. The fraction of sp³-hybridized carbons (Fsp3) is 0.696. The Morgan fingerprint density at radius 3 is 2.59 bits per heavy atom. The highest BCUT2D eigenvalue weighted by Gasteiger charge is 2.60. The minimum atomic E-state index is -0.0825. The van der Waals surface area contributed by atoms with Gasteiger partial charge in [0.1, 0.15) is 5.75 Å². The van der Waals surface area contributed by atoms with Crippen molar-refractivity contribution in [2.45, 2.75) is 70.1 Å². The van der Waals surface area contributed by atoms with Gasteiger partial charge in [-0.05, 0) is 71.5 Å². The van der Waals surface area contributed by atoms with E-state index < -0.39 is 0 Å². The van der Waals surface area contributed by atoms with Crippen LogP contribution in [-0.2, 0) is 5.41 Å². The molecule has 0 aromatic heterocycles. The average molecular weight is 388 g/mol. The van der Waals surface area contributed by atoms with Crippen molar-refractivity contribution in [3.05, 3.63) is 23.3 Å². The van der Waals surface area contributed by atoms with Gasteiger partial charge in [-0.2, -0.15) is 0 Å². The predicted molar refractivity (Wildman–Crippen MR) is 112 cm³/mol. The number of thioether (sulfide) groups is 1. The van der Waals surface area contributed by atoms with Gasteiger partial charge in [-0.25, -0.2) is 0 Å². The summed E-state index contributed by atoms with van der Waals surface area (Å²) in [6, 6.07) is 3.54. The highest BCUT2D eigenvalue weighted by Crippen LogP contribution is 2.67. The lowest BCUT2D eigenvalue weighted by molar-refractivity contribution is -0.0974. The number of hydrogen-bond donors (Lipinski definition) is 2. The van der Waals surface area contributed by atoms with Gasteiger partial charge in [-0.1, -0.05) is 34.1 Å². The normalized spacial score (nSPS) is 36.9. The van der Waals surface area contributed by atoms with E-state index in [2.05, 4.69) is 33.0 Å². The molecule has 2 saturated carbocycles. The number of fused-ring (bicyclic) bond motifs is 5. The van der Waals surface area contributed by atoms with Crippen LogP contribution in [0.15, 0.2) is 17.0 Å².